The molecule has 8 nitrogen and oxygen atoms in total. The summed E-state index contributed by atoms with van der Waals surface area (Å²) in [6, 6.07) is -0.922. The van der Waals surface area contributed by atoms with Crippen LogP contribution in [0, 0.1) is 5.41 Å². The molecular formula is C6H14N6O2. The van der Waals surface area contributed by atoms with Crippen molar-refractivity contribution < 1.29 is 9.90 Å². The molecule has 0 spiro atoms. The van der Waals surface area contributed by atoms with Crippen molar-refractivity contribution >= 4 is 11.9 Å². The fourth-order valence-electron chi connectivity index (χ4n) is 0.830. The predicted octanol–water partition coefficient (Wildman–Crippen LogP) is -0.971. The van der Waals surface area contributed by atoms with Crippen molar-refractivity contribution in [3.8, 4) is 0 Å². The molecule has 0 saturated carbocycles. The highest BCUT2D eigenvalue weighted by Gasteiger charge is 2.15. The van der Waals surface area contributed by atoms with Crippen molar-refractivity contribution in [3.05, 3.63) is 0 Å². The number of nitrogens with one attached hydrogen (secondary N) is 2. The third-order valence-electron chi connectivity index (χ3n) is 1.46. The van der Waals surface area contributed by atoms with Crippen LogP contribution in [-0.2, 0) is 4.79 Å². The van der Waals surface area contributed by atoms with Gasteiger partial charge in [0.1, 0.15) is 0 Å². The Hall–Kier alpha value is -1.86. The third kappa shape index (κ3) is 5.75. The van der Waals surface area contributed by atoms with Gasteiger partial charge in [-0.3, -0.25) is 5.41 Å². The molecule has 0 unspecified atom stereocenters. The minimum absolute atomic E-state index is 0.141. The Bertz CT molecular complexity index is 228. The average Bonchev–Trinajstić information content (AvgIpc) is 2.09. The number of guanidine groups is 1. The zero-order valence-electron chi connectivity index (χ0n) is 7.60. The van der Waals surface area contributed by atoms with Gasteiger partial charge in [-0.2, -0.15) is 5.11 Å². The molecule has 0 rings (SSSR count). The highest BCUT2D eigenvalue weighted by atomic mass is 16.4. The Labute approximate surface area is 80.9 Å². The number of carbonyl (C=O) groups is 1. The lowest BCUT2D eigenvalue weighted by Gasteiger charge is -2.06. The van der Waals surface area contributed by atoms with Crippen LogP contribution in [0.5, 0.6) is 0 Å². The normalized spacial score (nSPS) is 12.6. The predicted molar refractivity (Wildman–Crippen MR) is 49.6 cm³/mol. The molecule has 0 aliphatic rings. The maximum atomic E-state index is 10.5. The Morgan fingerprint density at radius 2 is 2.29 bits per heavy atom. The number of carboxylic acids is 1. The number of aliphatic carboxylic acids is 1. The molecule has 0 radical (unpaired) electrons. The Morgan fingerprint density at radius 1 is 1.64 bits per heavy atom. The van der Waals surface area contributed by atoms with Crippen LogP contribution in [0.15, 0.2) is 10.3 Å². The van der Waals surface area contributed by atoms with Crippen molar-refractivity contribution in [2.45, 2.75) is 18.9 Å². The quantitative estimate of drug-likeness (QED) is 0.0937. The summed E-state index contributed by atoms with van der Waals surface area (Å²) in [6.45, 7) is 0.430. The maximum absolute atomic E-state index is 10.5. The first-order valence-corrected chi connectivity index (χ1v) is 3.98. The highest BCUT2D eigenvalue weighted by molar-refractivity contribution is 5.74. The van der Waals surface area contributed by atoms with E-state index in [2.05, 4.69) is 15.7 Å². The van der Waals surface area contributed by atoms with E-state index in [1.54, 1.807) is 0 Å². The standard InChI is InChI=1S/C6H14N6O2/c7-6(8)10-3-1-2-4(5(13)14)11-12-9/h4H,1-3H2,(H2,9,11)(H,13,14)(H4,7,8,10)/t4-/m0/s1. The van der Waals surface area contributed by atoms with E-state index in [0.29, 0.717) is 19.4 Å². The van der Waals surface area contributed by atoms with Crippen LogP contribution in [0.1, 0.15) is 12.8 Å². The van der Waals surface area contributed by atoms with Crippen molar-refractivity contribution in [1.82, 2.24) is 5.32 Å². The van der Waals surface area contributed by atoms with Gasteiger partial charge in [0.05, 0.1) is 0 Å². The van der Waals surface area contributed by atoms with E-state index < -0.39 is 12.0 Å². The lowest BCUT2D eigenvalue weighted by molar-refractivity contribution is -0.138. The van der Waals surface area contributed by atoms with E-state index in [0.717, 1.165) is 0 Å². The van der Waals surface area contributed by atoms with E-state index in [-0.39, 0.29) is 5.96 Å². The van der Waals surface area contributed by atoms with E-state index in [9.17, 15) is 4.79 Å². The third-order valence-corrected chi connectivity index (χ3v) is 1.46. The van der Waals surface area contributed by atoms with Gasteiger partial charge in [-0.05, 0) is 12.8 Å². The summed E-state index contributed by atoms with van der Waals surface area (Å²) < 4.78 is 0. The summed E-state index contributed by atoms with van der Waals surface area (Å²) in [5, 5.41) is 24.3. The summed E-state index contributed by atoms with van der Waals surface area (Å²) in [5.74, 6) is 3.54. The molecule has 7 N–H and O–H groups in total. The van der Waals surface area contributed by atoms with Crippen LogP contribution < -0.4 is 16.9 Å². The molecule has 14 heavy (non-hydrogen) atoms. The van der Waals surface area contributed by atoms with E-state index in [1.807, 2.05) is 0 Å². The van der Waals surface area contributed by atoms with Crippen LogP contribution in [-0.4, -0.2) is 29.6 Å². The Balaban J connectivity index is 3.72. The molecule has 0 aliphatic carbocycles. The van der Waals surface area contributed by atoms with Crippen molar-refractivity contribution in [2.75, 3.05) is 6.54 Å². The van der Waals surface area contributed by atoms with Gasteiger partial charge in [0.25, 0.3) is 0 Å². The van der Waals surface area contributed by atoms with Crippen LogP contribution in [0.2, 0.25) is 0 Å². The molecule has 0 fully saturated rings. The number of nitrogens with zero attached hydrogens (tertiary/aromatic N) is 2. The van der Waals surface area contributed by atoms with Crippen LogP contribution in [0.3, 0.4) is 0 Å². The zero-order valence-corrected chi connectivity index (χ0v) is 7.60. The van der Waals surface area contributed by atoms with Crippen LogP contribution in [0.25, 0.3) is 0 Å². The highest BCUT2D eigenvalue weighted by Crippen LogP contribution is 2.01. The molecule has 0 heterocycles. The second-order valence-corrected chi connectivity index (χ2v) is 2.57. The van der Waals surface area contributed by atoms with Gasteiger partial charge < -0.3 is 22.0 Å². The maximum Gasteiger partial charge on any atom is 0.330 e. The molecule has 0 aromatic rings. The number of hydrogen-bond donors (Lipinski definition) is 5. The van der Waals surface area contributed by atoms with Gasteiger partial charge in [0.15, 0.2) is 12.0 Å². The molecule has 80 valence electrons. The van der Waals surface area contributed by atoms with Gasteiger partial charge in [-0.1, -0.05) is 5.22 Å². The number of nitrogens with two attached hydrogens (primary N) is 2. The van der Waals surface area contributed by atoms with Crippen LogP contribution in [0.4, 0.5) is 0 Å². The number of carboxylic acid groups (broad SMARTS) is 1. The summed E-state index contributed by atoms with van der Waals surface area (Å²) in [7, 11) is 0. The topological polar surface area (TPSA) is 150 Å². The van der Waals surface area contributed by atoms with Gasteiger partial charge in [0.2, 0.25) is 0 Å². The lowest BCUT2D eigenvalue weighted by Crippen LogP contribution is -2.31. The summed E-state index contributed by atoms with van der Waals surface area (Å²) in [6.07, 6.45) is 0.825. The van der Waals surface area contributed by atoms with E-state index >= 15 is 0 Å². The largest absolute Gasteiger partial charge is 0.480 e. The van der Waals surface area contributed by atoms with E-state index in [4.69, 9.17) is 22.1 Å². The molecular weight excluding hydrogens is 188 g/mol. The molecule has 0 saturated heterocycles. The fourth-order valence-corrected chi connectivity index (χ4v) is 0.830. The molecule has 0 amide bonds. The summed E-state index contributed by atoms with van der Waals surface area (Å²) >= 11 is 0. The summed E-state index contributed by atoms with van der Waals surface area (Å²) in [5.41, 5.74) is 5.02. The van der Waals surface area contributed by atoms with Crippen LogP contribution >= 0.6 is 0 Å². The SMILES string of the molecule is N=C(N)NCCC[C@H](N=NN)C(=O)O. The first kappa shape index (κ1) is 12.1. The van der Waals surface area contributed by atoms with Gasteiger partial charge in [0, 0.05) is 6.54 Å². The minimum Gasteiger partial charge on any atom is -0.480 e. The first-order valence-electron chi connectivity index (χ1n) is 3.98. The molecule has 0 aromatic heterocycles. The Morgan fingerprint density at radius 3 is 2.71 bits per heavy atom. The molecule has 1 atom stereocenters. The van der Waals surface area contributed by atoms with Gasteiger partial charge >= 0.3 is 5.97 Å². The van der Waals surface area contributed by atoms with Gasteiger partial charge in [-0.25, -0.2) is 4.79 Å². The molecule has 0 bridgehead atoms. The second-order valence-electron chi connectivity index (χ2n) is 2.57. The summed E-state index contributed by atoms with van der Waals surface area (Å²) in [4.78, 5) is 10.5. The lowest BCUT2D eigenvalue weighted by atomic mass is 10.2. The first-order chi connectivity index (χ1) is 6.57. The monoisotopic (exact) mass is 202 g/mol. The average molecular weight is 202 g/mol. The minimum atomic E-state index is -1.07. The van der Waals surface area contributed by atoms with Crippen molar-refractivity contribution in [3.63, 3.8) is 0 Å². The van der Waals surface area contributed by atoms with Crippen molar-refractivity contribution in [1.29, 1.82) is 5.41 Å². The zero-order chi connectivity index (χ0) is 11.0. The number of rotatable bonds is 6. The molecule has 0 aliphatic heterocycles. The molecule has 8 heteroatoms. The van der Waals surface area contributed by atoms with Gasteiger partial charge in [-0.15, -0.1) is 0 Å². The smallest absolute Gasteiger partial charge is 0.330 e. The Kier molecular flexibility index (Phi) is 5.75. The van der Waals surface area contributed by atoms with Crippen molar-refractivity contribution in [2.24, 2.45) is 21.9 Å². The molecule has 0 aromatic carbocycles. The van der Waals surface area contributed by atoms with E-state index in [1.165, 1.54) is 0 Å². The fraction of sp³-hybridized carbons (Fsp3) is 0.667. The number of hydrogen-bond acceptors (Lipinski definition) is 4. The second kappa shape index (κ2) is 6.63.